The van der Waals surface area contributed by atoms with Crippen LogP contribution in [0.4, 0.5) is 0 Å². The smallest absolute Gasteiger partial charge is 0.00197 e. The highest BCUT2D eigenvalue weighted by Crippen LogP contribution is 2.48. The molecule has 11 rings (SSSR count). The number of hydrogen-bond donors (Lipinski definition) is 0. The molecule has 0 aromatic heterocycles. The lowest BCUT2D eigenvalue weighted by Crippen LogP contribution is -2.10. The minimum absolute atomic E-state index is 0.135. The molecule has 0 heterocycles. The van der Waals surface area contributed by atoms with Crippen molar-refractivity contribution in [1.82, 2.24) is 0 Å². The third-order valence-electron chi connectivity index (χ3n) is 12.9. The van der Waals surface area contributed by atoms with Gasteiger partial charge < -0.3 is 0 Å². The Bertz CT molecular complexity index is 3170. The van der Waals surface area contributed by atoms with Crippen molar-refractivity contribution < 1.29 is 0 Å². The Morgan fingerprint density at radius 1 is 0.250 bits per heavy atom. The monoisotopic (exact) mass is 718 g/mol. The molecule has 0 amide bonds. The second-order valence-electron chi connectivity index (χ2n) is 18.7. The van der Waals surface area contributed by atoms with Gasteiger partial charge in [-0.1, -0.05) is 151 Å². The van der Waals surface area contributed by atoms with Gasteiger partial charge >= 0.3 is 0 Å². The summed E-state index contributed by atoms with van der Waals surface area (Å²) in [4.78, 5) is 0. The zero-order valence-corrected chi connectivity index (χ0v) is 33.7. The van der Waals surface area contributed by atoms with Gasteiger partial charge in [-0.15, -0.1) is 0 Å². The molecule has 11 aromatic carbocycles. The fourth-order valence-electron chi connectivity index (χ4n) is 9.97. The van der Waals surface area contributed by atoms with Crippen molar-refractivity contribution >= 4 is 86.2 Å². The van der Waals surface area contributed by atoms with Crippen LogP contribution in [0.1, 0.15) is 63.8 Å². The number of aryl methyl sites for hydroxylation is 2. The number of rotatable bonds is 2. The van der Waals surface area contributed by atoms with Gasteiger partial charge in [-0.25, -0.2) is 0 Å². The fourth-order valence-corrected chi connectivity index (χ4v) is 9.97. The van der Waals surface area contributed by atoms with E-state index in [1.807, 2.05) is 0 Å². The fraction of sp³-hybridized carbons (Fsp3) is 0.179. The highest BCUT2D eigenvalue weighted by molar-refractivity contribution is 6.40. The molecule has 0 N–H and O–H groups in total. The standard InChI is InChI=1S/C56H46/c1-31-23-47-41-21-22-42-46(45(41)29-51-39-19-13-35(27-43(39)49(25-31)53(47)51)33-9-15-37(16-10-33)55(3,4)5)30-52-40-20-14-36(34-11-17-38(18-12-34)56(6,7)8)28-44(40)50-26-32(2)24-48(42)54(50)52/h9-30H,1-8H3. The first-order chi connectivity index (χ1) is 26.8. The van der Waals surface area contributed by atoms with E-state index in [4.69, 9.17) is 0 Å². The highest BCUT2D eigenvalue weighted by atomic mass is 14.2. The summed E-state index contributed by atoms with van der Waals surface area (Å²) >= 11 is 0. The molecule has 0 unspecified atom stereocenters. The SMILES string of the molecule is Cc1cc2c3ccc4c(cc5c6ccc(-c7ccc(C(C)(C)C)cc7)cc6c6cc(C)cc4c65)c3cc3c4ccc(-c5ccc(C(C)(C)C)cc5)cc4c(c1)c23. The van der Waals surface area contributed by atoms with Gasteiger partial charge in [0.2, 0.25) is 0 Å². The maximum absolute atomic E-state index is 2.51. The van der Waals surface area contributed by atoms with Crippen LogP contribution in [0.15, 0.2) is 133 Å². The summed E-state index contributed by atoms with van der Waals surface area (Å²) in [5.74, 6) is 0. The summed E-state index contributed by atoms with van der Waals surface area (Å²) in [6.07, 6.45) is 0. The molecule has 0 bridgehead atoms. The highest BCUT2D eigenvalue weighted by Gasteiger charge is 2.21. The molecule has 0 saturated heterocycles. The average molecular weight is 719 g/mol. The van der Waals surface area contributed by atoms with Crippen molar-refractivity contribution in [3.8, 4) is 22.3 Å². The molecule has 0 heteroatoms. The van der Waals surface area contributed by atoms with Gasteiger partial charge in [0.15, 0.2) is 0 Å². The zero-order valence-electron chi connectivity index (χ0n) is 33.7. The van der Waals surface area contributed by atoms with E-state index < -0.39 is 0 Å². The first-order valence-electron chi connectivity index (χ1n) is 20.2. The van der Waals surface area contributed by atoms with E-state index in [2.05, 4.69) is 189 Å². The first-order valence-corrected chi connectivity index (χ1v) is 20.2. The molecule has 0 aliphatic carbocycles. The van der Waals surface area contributed by atoms with Crippen molar-refractivity contribution in [1.29, 1.82) is 0 Å². The largest absolute Gasteiger partial charge is 0.0579 e. The minimum Gasteiger partial charge on any atom is -0.0579 e. The Hall–Kier alpha value is -5.98. The van der Waals surface area contributed by atoms with Crippen molar-refractivity contribution in [2.45, 2.75) is 66.2 Å². The van der Waals surface area contributed by atoms with E-state index in [1.165, 1.54) is 131 Å². The molecule has 0 aliphatic rings. The zero-order chi connectivity index (χ0) is 38.4. The van der Waals surface area contributed by atoms with Gasteiger partial charge in [0.1, 0.15) is 0 Å². The summed E-state index contributed by atoms with van der Waals surface area (Å²) < 4.78 is 0. The lowest BCUT2D eigenvalue weighted by molar-refractivity contribution is 0.590. The van der Waals surface area contributed by atoms with Crippen molar-refractivity contribution in [2.75, 3.05) is 0 Å². The molecule has 56 heavy (non-hydrogen) atoms. The molecule has 0 fully saturated rings. The van der Waals surface area contributed by atoms with Gasteiger partial charge in [0.25, 0.3) is 0 Å². The predicted octanol–water partition coefficient (Wildman–Crippen LogP) is 16.3. The van der Waals surface area contributed by atoms with Crippen LogP contribution in [0.2, 0.25) is 0 Å². The van der Waals surface area contributed by atoms with Crippen molar-refractivity contribution in [2.24, 2.45) is 0 Å². The van der Waals surface area contributed by atoms with Crippen LogP contribution in [0.25, 0.3) is 108 Å². The summed E-state index contributed by atoms with van der Waals surface area (Å²) in [5, 5.41) is 21.6. The molecular formula is C56H46. The van der Waals surface area contributed by atoms with Crippen LogP contribution in [0.3, 0.4) is 0 Å². The first kappa shape index (κ1) is 33.4. The molecule has 270 valence electrons. The lowest BCUT2D eigenvalue weighted by atomic mass is 9.86. The van der Waals surface area contributed by atoms with E-state index in [-0.39, 0.29) is 10.8 Å². The van der Waals surface area contributed by atoms with Gasteiger partial charge in [0, 0.05) is 0 Å². The van der Waals surface area contributed by atoms with Crippen molar-refractivity contribution in [3.63, 3.8) is 0 Å². The normalized spacial score (nSPS) is 13.0. The summed E-state index contributed by atoms with van der Waals surface area (Å²) in [5.41, 5.74) is 10.7. The maximum Gasteiger partial charge on any atom is -0.00197 e. The van der Waals surface area contributed by atoms with Gasteiger partial charge in [0.05, 0.1) is 0 Å². The summed E-state index contributed by atoms with van der Waals surface area (Å²) in [7, 11) is 0. The molecule has 0 aliphatic heterocycles. The average Bonchev–Trinajstić information content (AvgIpc) is 3.66. The van der Waals surface area contributed by atoms with E-state index in [0.29, 0.717) is 0 Å². The van der Waals surface area contributed by atoms with E-state index >= 15 is 0 Å². The second kappa shape index (κ2) is 11.3. The predicted molar refractivity (Wildman–Crippen MR) is 247 cm³/mol. The van der Waals surface area contributed by atoms with E-state index in [0.717, 1.165) is 0 Å². The molecule has 0 nitrogen and oxygen atoms in total. The van der Waals surface area contributed by atoms with Crippen LogP contribution >= 0.6 is 0 Å². The second-order valence-corrected chi connectivity index (χ2v) is 18.7. The topological polar surface area (TPSA) is 0 Å². The quantitative estimate of drug-likeness (QED) is 0.156. The van der Waals surface area contributed by atoms with Crippen LogP contribution in [0, 0.1) is 13.8 Å². The third kappa shape index (κ3) is 4.78. The van der Waals surface area contributed by atoms with Crippen molar-refractivity contribution in [3.05, 3.63) is 156 Å². The van der Waals surface area contributed by atoms with E-state index in [1.54, 1.807) is 0 Å². The van der Waals surface area contributed by atoms with Gasteiger partial charge in [-0.05, 0) is 180 Å². The number of benzene rings is 9. The Morgan fingerprint density at radius 2 is 0.518 bits per heavy atom. The molecule has 0 spiro atoms. The number of fused-ring (bicyclic) bond motifs is 11. The molecule has 0 saturated carbocycles. The summed E-state index contributed by atoms with van der Waals surface area (Å²) in [6.45, 7) is 18.2. The Labute approximate surface area is 329 Å². The lowest BCUT2D eigenvalue weighted by Gasteiger charge is -2.19. The van der Waals surface area contributed by atoms with E-state index in [9.17, 15) is 0 Å². The third-order valence-corrected chi connectivity index (χ3v) is 12.9. The molecular weight excluding hydrogens is 673 g/mol. The Balaban J connectivity index is 1.16. The maximum atomic E-state index is 2.51. The minimum atomic E-state index is 0.135. The van der Waals surface area contributed by atoms with Crippen LogP contribution in [-0.2, 0) is 10.8 Å². The molecule has 0 atom stereocenters. The Morgan fingerprint density at radius 3 is 0.857 bits per heavy atom. The molecule has 11 aromatic rings. The van der Waals surface area contributed by atoms with Crippen LogP contribution < -0.4 is 0 Å². The van der Waals surface area contributed by atoms with Crippen LogP contribution in [0.5, 0.6) is 0 Å². The molecule has 0 radical (unpaired) electrons. The number of hydrogen-bond acceptors (Lipinski definition) is 0. The van der Waals surface area contributed by atoms with Gasteiger partial charge in [-0.2, -0.15) is 0 Å². The van der Waals surface area contributed by atoms with Gasteiger partial charge in [-0.3, -0.25) is 0 Å². The van der Waals surface area contributed by atoms with Crippen LogP contribution in [-0.4, -0.2) is 0 Å². The Kier molecular flexibility index (Phi) is 6.73. The summed E-state index contributed by atoms with van der Waals surface area (Å²) in [6, 6.07) is 52.1.